The second kappa shape index (κ2) is 4.31. The normalized spacial score (nSPS) is 13.2. The van der Waals surface area contributed by atoms with E-state index in [2.05, 4.69) is 15.9 Å². The van der Waals surface area contributed by atoms with Gasteiger partial charge in [0.25, 0.3) is 0 Å². The van der Waals surface area contributed by atoms with Crippen LogP contribution in [-0.4, -0.2) is 11.3 Å². The Balaban J connectivity index is 3.34. The first-order chi connectivity index (χ1) is 7.27. The molecule has 3 N–H and O–H groups in total. The van der Waals surface area contributed by atoms with Crippen molar-refractivity contribution in [3.63, 3.8) is 0 Å². The van der Waals surface area contributed by atoms with Gasteiger partial charge in [-0.2, -0.15) is 18.4 Å². The Morgan fingerprint density at radius 2 is 2.00 bits per heavy atom. The molecule has 1 atom stereocenters. The molecule has 3 nitrogen and oxygen atoms in total. The average molecular weight is 295 g/mol. The molecule has 0 aromatic heterocycles. The van der Waals surface area contributed by atoms with E-state index in [1.54, 1.807) is 6.07 Å². The van der Waals surface area contributed by atoms with Crippen LogP contribution < -0.4 is 5.73 Å². The lowest BCUT2D eigenvalue weighted by Crippen LogP contribution is -2.28. The Hall–Kier alpha value is -1.26. The van der Waals surface area contributed by atoms with Crippen molar-refractivity contribution >= 4 is 15.9 Å². The third-order valence-electron chi connectivity index (χ3n) is 1.91. The van der Waals surface area contributed by atoms with Crippen LogP contribution in [0.2, 0.25) is 0 Å². The molecule has 0 aliphatic heterocycles. The lowest BCUT2D eigenvalue weighted by Gasteiger charge is -2.17. The molecule has 0 bridgehead atoms. The molecule has 0 unspecified atom stereocenters. The second-order valence-corrected chi connectivity index (χ2v) is 3.88. The molecule has 7 heteroatoms. The van der Waals surface area contributed by atoms with Gasteiger partial charge in [-0.3, -0.25) is 0 Å². The maximum Gasteiger partial charge on any atom is 0.407 e. The Morgan fingerprint density at radius 1 is 1.44 bits per heavy atom. The van der Waals surface area contributed by atoms with E-state index in [1.165, 1.54) is 6.07 Å². The molecule has 0 radical (unpaired) electrons. The summed E-state index contributed by atoms with van der Waals surface area (Å²) < 4.78 is 37.0. The SMILES string of the molecule is N#Cc1cc(Br)c(O)c([C@@H](N)C(F)(F)F)c1. The number of nitrogens with zero attached hydrogens (tertiary/aromatic N) is 1. The summed E-state index contributed by atoms with van der Waals surface area (Å²) in [4.78, 5) is 0. The molecular weight excluding hydrogens is 289 g/mol. The molecule has 0 spiro atoms. The Kier molecular flexibility index (Phi) is 3.45. The molecule has 0 amide bonds. The maximum atomic E-state index is 12.3. The Labute approximate surface area is 97.4 Å². The summed E-state index contributed by atoms with van der Waals surface area (Å²) in [5.74, 6) is -0.608. The van der Waals surface area contributed by atoms with Gasteiger partial charge in [-0.1, -0.05) is 0 Å². The highest BCUT2D eigenvalue weighted by Gasteiger charge is 2.39. The minimum Gasteiger partial charge on any atom is -0.506 e. The smallest absolute Gasteiger partial charge is 0.407 e. The standard InChI is InChI=1S/C9H6BrF3N2O/c10-6-2-4(3-14)1-5(7(6)16)8(15)9(11,12)13/h1-2,8,16H,15H2/t8-/m1/s1. The predicted molar refractivity (Wildman–Crippen MR) is 53.5 cm³/mol. The van der Waals surface area contributed by atoms with Gasteiger partial charge in [0, 0.05) is 5.56 Å². The number of aromatic hydroxyl groups is 1. The summed E-state index contributed by atoms with van der Waals surface area (Å²) in [6, 6.07) is 1.48. The van der Waals surface area contributed by atoms with Crippen LogP contribution in [0.5, 0.6) is 5.75 Å². The van der Waals surface area contributed by atoms with Gasteiger partial charge in [-0.05, 0) is 28.1 Å². The zero-order valence-corrected chi connectivity index (χ0v) is 9.30. The van der Waals surface area contributed by atoms with Crippen molar-refractivity contribution < 1.29 is 18.3 Å². The van der Waals surface area contributed by atoms with Gasteiger partial charge in [0.05, 0.1) is 16.1 Å². The number of hydrogen-bond donors (Lipinski definition) is 2. The highest BCUT2D eigenvalue weighted by molar-refractivity contribution is 9.10. The Bertz CT molecular complexity index is 453. The molecule has 86 valence electrons. The third-order valence-corrected chi connectivity index (χ3v) is 2.51. The molecule has 0 aliphatic rings. The number of phenolic OH excluding ortho intramolecular Hbond substituents is 1. The van der Waals surface area contributed by atoms with Crippen LogP contribution in [0.15, 0.2) is 16.6 Å². The summed E-state index contributed by atoms with van der Waals surface area (Å²) in [6.45, 7) is 0. The minimum absolute atomic E-state index is 0.00116. The van der Waals surface area contributed by atoms with Crippen LogP contribution in [0.25, 0.3) is 0 Å². The van der Waals surface area contributed by atoms with Crippen molar-refractivity contribution in [2.24, 2.45) is 5.73 Å². The van der Waals surface area contributed by atoms with Crippen molar-refractivity contribution in [2.75, 3.05) is 0 Å². The molecule has 16 heavy (non-hydrogen) atoms. The van der Waals surface area contributed by atoms with Crippen LogP contribution in [0.1, 0.15) is 17.2 Å². The first-order valence-electron chi connectivity index (χ1n) is 4.02. The molecule has 0 heterocycles. The van der Waals surface area contributed by atoms with E-state index in [1.807, 2.05) is 0 Å². The molecule has 1 rings (SSSR count). The fraction of sp³-hybridized carbons (Fsp3) is 0.222. The van der Waals surface area contributed by atoms with E-state index in [-0.39, 0.29) is 10.0 Å². The third kappa shape index (κ3) is 2.46. The first kappa shape index (κ1) is 12.8. The van der Waals surface area contributed by atoms with Gasteiger partial charge in [-0.25, -0.2) is 0 Å². The van der Waals surface area contributed by atoms with Gasteiger partial charge >= 0.3 is 6.18 Å². The van der Waals surface area contributed by atoms with E-state index in [0.29, 0.717) is 0 Å². The van der Waals surface area contributed by atoms with Gasteiger partial charge in [0.15, 0.2) is 0 Å². The lowest BCUT2D eigenvalue weighted by atomic mass is 10.0. The highest BCUT2D eigenvalue weighted by Crippen LogP contribution is 2.39. The highest BCUT2D eigenvalue weighted by atomic mass is 79.9. The van der Waals surface area contributed by atoms with E-state index in [0.717, 1.165) is 6.07 Å². The molecule has 0 saturated carbocycles. The van der Waals surface area contributed by atoms with Crippen molar-refractivity contribution in [3.8, 4) is 11.8 Å². The summed E-state index contributed by atoms with van der Waals surface area (Å²) in [5.41, 5.74) is 4.41. The summed E-state index contributed by atoms with van der Waals surface area (Å²) in [7, 11) is 0. The van der Waals surface area contributed by atoms with Crippen LogP contribution in [0.3, 0.4) is 0 Å². The fourth-order valence-corrected chi connectivity index (χ4v) is 1.57. The molecule has 1 aromatic carbocycles. The van der Waals surface area contributed by atoms with Crippen molar-refractivity contribution in [3.05, 3.63) is 27.7 Å². The lowest BCUT2D eigenvalue weighted by molar-refractivity contribution is -0.149. The molecule has 0 saturated heterocycles. The van der Waals surface area contributed by atoms with Gasteiger partial charge < -0.3 is 10.8 Å². The quantitative estimate of drug-likeness (QED) is 0.836. The van der Waals surface area contributed by atoms with Crippen LogP contribution in [0, 0.1) is 11.3 Å². The first-order valence-corrected chi connectivity index (χ1v) is 4.81. The van der Waals surface area contributed by atoms with E-state index in [9.17, 15) is 18.3 Å². The van der Waals surface area contributed by atoms with E-state index < -0.39 is 23.5 Å². The van der Waals surface area contributed by atoms with Crippen molar-refractivity contribution in [1.82, 2.24) is 0 Å². The molecule has 0 aliphatic carbocycles. The number of rotatable bonds is 1. The molecule has 0 fully saturated rings. The topological polar surface area (TPSA) is 70.0 Å². The van der Waals surface area contributed by atoms with E-state index >= 15 is 0 Å². The average Bonchev–Trinajstić information content (AvgIpc) is 2.19. The molecule has 1 aromatic rings. The van der Waals surface area contributed by atoms with Gasteiger partial charge in [0.2, 0.25) is 0 Å². The van der Waals surface area contributed by atoms with Crippen LogP contribution in [-0.2, 0) is 0 Å². The molecular formula is C9H6BrF3N2O. The van der Waals surface area contributed by atoms with E-state index in [4.69, 9.17) is 11.0 Å². The monoisotopic (exact) mass is 294 g/mol. The number of halogens is 4. The summed E-state index contributed by atoms with van der Waals surface area (Å²) in [6.07, 6.45) is -4.68. The van der Waals surface area contributed by atoms with Crippen LogP contribution >= 0.6 is 15.9 Å². The van der Waals surface area contributed by atoms with Gasteiger partial charge in [-0.15, -0.1) is 0 Å². The number of phenols is 1. The number of alkyl halides is 3. The minimum atomic E-state index is -4.68. The number of hydrogen-bond acceptors (Lipinski definition) is 3. The number of benzene rings is 1. The number of nitriles is 1. The second-order valence-electron chi connectivity index (χ2n) is 3.03. The predicted octanol–water partition coefficient (Wildman–Crippen LogP) is 2.59. The van der Waals surface area contributed by atoms with Crippen molar-refractivity contribution in [2.45, 2.75) is 12.2 Å². The zero-order chi connectivity index (χ0) is 12.5. The summed E-state index contributed by atoms with van der Waals surface area (Å²) >= 11 is 2.85. The maximum absolute atomic E-state index is 12.3. The van der Waals surface area contributed by atoms with Gasteiger partial charge in [0.1, 0.15) is 11.8 Å². The van der Waals surface area contributed by atoms with Crippen LogP contribution in [0.4, 0.5) is 13.2 Å². The fourth-order valence-electron chi connectivity index (χ4n) is 1.10. The largest absolute Gasteiger partial charge is 0.506 e. The summed E-state index contributed by atoms with van der Waals surface area (Å²) in [5, 5.41) is 18.0. The zero-order valence-electron chi connectivity index (χ0n) is 7.72. The number of nitrogens with two attached hydrogens (primary N) is 1. The van der Waals surface area contributed by atoms with Crippen molar-refractivity contribution in [1.29, 1.82) is 5.26 Å². The Morgan fingerprint density at radius 3 is 2.44 bits per heavy atom.